The van der Waals surface area contributed by atoms with Gasteiger partial charge in [0.2, 0.25) is 0 Å². The molecular weight excluding hydrogens is 226 g/mol. The van der Waals surface area contributed by atoms with E-state index in [1.54, 1.807) is 6.26 Å². The largest absolute Gasteiger partial charge is 0.377 e. The highest BCUT2D eigenvalue weighted by molar-refractivity contribution is 5.53. The highest BCUT2D eigenvalue weighted by Gasteiger charge is 2.11. The molecule has 0 aliphatic rings. The minimum atomic E-state index is 0.264. The van der Waals surface area contributed by atoms with Gasteiger partial charge < -0.3 is 14.7 Å². The summed E-state index contributed by atoms with van der Waals surface area (Å²) in [6.45, 7) is 2.86. The summed E-state index contributed by atoms with van der Waals surface area (Å²) in [6, 6.07) is 10.5. The predicted molar refractivity (Wildman–Crippen MR) is 72.5 cm³/mol. The van der Waals surface area contributed by atoms with E-state index in [1.807, 2.05) is 6.07 Å². The van der Waals surface area contributed by atoms with Gasteiger partial charge in [-0.3, -0.25) is 0 Å². The summed E-state index contributed by atoms with van der Waals surface area (Å²) in [5.74, 6) is 0. The summed E-state index contributed by atoms with van der Waals surface area (Å²) < 4.78 is 4.82. The Morgan fingerprint density at radius 2 is 2.06 bits per heavy atom. The van der Waals surface area contributed by atoms with Gasteiger partial charge in [-0.05, 0) is 18.6 Å². The van der Waals surface area contributed by atoms with Crippen LogP contribution in [0.2, 0.25) is 0 Å². The van der Waals surface area contributed by atoms with Crippen LogP contribution in [0.5, 0.6) is 0 Å². The van der Waals surface area contributed by atoms with Gasteiger partial charge in [0.25, 0.3) is 0 Å². The molecule has 0 saturated heterocycles. The van der Waals surface area contributed by atoms with Gasteiger partial charge in [0, 0.05) is 38.4 Å². The van der Waals surface area contributed by atoms with Crippen molar-refractivity contribution in [2.75, 3.05) is 19.0 Å². The summed E-state index contributed by atoms with van der Waals surface area (Å²) in [7, 11) is 4.12. The molecule has 0 spiro atoms. The third-order valence-corrected chi connectivity index (χ3v) is 2.97. The molecule has 4 nitrogen and oxygen atoms in total. The zero-order valence-electron chi connectivity index (χ0n) is 11.1. The lowest BCUT2D eigenvalue weighted by Crippen LogP contribution is -2.21. The second-order valence-electron chi connectivity index (χ2n) is 4.55. The van der Waals surface area contributed by atoms with E-state index >= 15 is 0 Å². The second kappa shape index (κ2) is 5.69. The van der Waals surface area contributed by atoms with Gasteiger partial charge in [0.1, 0.15) is 6.26 Å². The standard InChI is InChI=1S/C14H19N3O/c1-11(15-10-12-8-9-18-16-12)13-6-4-5-7-14(13)17(2)3/h4-9,11,15H,10H2,1-3H3. The van der Waals surface area contributed by atoms with Crippen LogP contribution in [0.4, 0.5) is 5.69 Å². The lowest BCUT2D eigenvalue weighted by molar-refractivity contribution is 0.406. The number of hydrogen-bond acceptors (Lipinski definition) is 4. The molecule has 1 unspecified atom stereocenters. The maximum absolute atomic E-state index is 4.82. The SMILES string of the molecule is CC(NCc1ccon1)c1ccccc1N(C)C. The van der Waals surface area contributed by atoms with Crippen molar-refractivity contribution in [3.8, 4) is 0 Å². The zero-order valence-corrected chi connectivity index (χ0v) is 11.1. The van der Waals surface area contributed by atoms with E-state index in [0.717, 1.165) is 5.69 Å². The van der Waals surface area contributed by atoms with Crippen LogP contribution in [-0.4, -0.2) is 19.3 Å². The first-order valence-corrected chi connectivity index (χ1v) is 6.07. The van der Waals surface area contributed by atoms with Gasteiger partial charge in [-0.1, -0.05) is 23.4 Å². The fourth-order valence-electron chi connectivity index (χ4n) is 1.96. The average molecular weight is 245 g/mol. The molecule has 1 heterocycles. The Kier molecular flexibility index (Phi) is 3.99. The quantitative estimate of drug-likeness (QED) is 0.879. The van der Waals surface area contributed by atoms with E-state index in [2.05, 4.69) is 60.7 Å². The van der Waals surface area contributed by atoms with Crippen molar-refractivity contribution in [3.05, 3.63) is 47.9 Å². The normalized spacial score (nSPS) is 12.4. The number of para-hydroxylation sites is 1. The molecule has 1 aromatic heterocycles. The smallest absolute Gasteiger partial charge is 0.124 e. The zero-order chi connectivity index (χ0) is 13.0. The number of benzene rings is 1. The van der Waals surface area contributed by atoms with Crippen LogP contribution in [0.15, 0.2) is 41.1 Å². The molecule has 0 amide bonds. The van der Waals surface area contributed by atoms with Gasteiger partial charge in [0.05, 0.1) is 5.69 Å². The van der Waals surface area contributed by atoms with Crippen molar-refractivity contribution in [1.29, 1.82) is 0 Å². The molecule has 0 saturated carbocycles. The molecule has 2 aromatic rings. The lowest BCUT2D eigenvalue weighted by Gasteiger charge is -2.22. The third kappa shape index (κ3) is 2.90. The molecule has 2 rings (SSSR count). The van der Waals surface area contributed by atoms with Crippen molar-refractivity contribution in [3.63, 3.8) is 0 Å². The van der Waals surface area contributed by atoms with Crippen molar-refractivity contribution in [2.45, 2.75) is 19.5 Å². The number of anilines is 1. The Balaban J connectivity index is 2.06. The molecule has 0 aliphatic carbocycles. The number of nitrogens with zero attached hydrogens (tertiary/aromatic N) is 2. The van der Waals surface area contributed by atoms with Crippen LogP contribution >= 0.6 is 0 Å². The molecule has 4 heteroatoms. The van der Waals surface area contributed by atoms with Gasteiger partial charge in [-0.2, -0.15) is 0 Å². The van der Waals surface area contributed by atoms with Crippen LogP contribution < -0.4 is 10.2 Å². The molecule has 1 aromatic carbocycles. The summed E-state index contributed by atoms with van der Waals surface area (Å²) >= 11 is 0. The minimum absolute atomic E-state index is 0.264. The van der Waals surface area contributed by atoms with Crippen molar-refractivity contribution < 1.29 is 4.52 Å². The highest BCUT2D eigenvalue weighted by Crippen LogP contribution is 2.24. The lowest BCUT2D eigenvalue weighted by atomic mass is 10.1. The maximum atomic E-state index is 4.82. The van der Waals surface area contributed by atoms with E-state index < -0.39 is 0 Å². The molecular formula is C14H19N3O. The fraction of sp³-hybridized carbons (Fsp3) is 0.357. The molecule has 18 heavy (non-hydrogen) atoms. The monoisotopic (exact) mass is 245 g/mol. The van der Waals surface area contributed by atoms with E-state index in [4.69, 9.17) is 4.52 Å². The first-order valence-electron chi connectivity index (χ1n) is 6.07. The summed E-state index contributed by atoms with van der Waals surface area (Å²) in [4.78, 5) is 2.13. The van der Waals surface area contributed by atoms with E-state index in [0.29, 0.717) is 6.54 Å². The molecule has 0 bridgehead atoms. The Hall–Kier alpha value is -1.81. The van der Waals surface area contributed by atoms with Crippen LogP contribution in [0.3, 0.4) is 0 Å². The van der Waals surface area contributed by atoms with E-state index in [9.17, 15) is 0 Å². The van der Waals surface area contributed by atoms with Gasteiger partial charge >= 0.3 is 0 Å². The molecule has 1 atom stereocenters. The first kappa shape index (κ1) is 12.6. The highest BCUT2D eigenvalue weighted by atomic mass is 16.5. The van der Waals surface area contributed by atoms with Crippen molar-refractivity contribution >= 4 is 5.69 Å². The first-order chi connectivity index (χ1) is 8.68. The molecule has 96 valence electrons. The van der Waals surface area contributed by atoms with Gasteiger partial charge in [-0.25, -0.2) is 0 Å². The van der Waals surface area contributed by atoms with Crippen LogP contribution in [0, 0.1) is 0 Å². The van der Waals surface area contributed by atoms with Gasteiger partial charge in [0.15, 0.2) is 0 Å². The fourth-order valence-corrected chi connectivity index (χ4v) is 1.96. The minimum Gasteiger partial charge on any atom is -0.377 e. The van der Waals surface area contributed by atoms with E-state index in [-0.39, 0.29) is 6.04 Å². The van der Waals surface area contributed by atoms with Crippen LogP contribution in [0.25, 0.3) is 0 Å². The second-order valence-corrected chi connectivity index (χ2v) is 4.55. The number of hydrogen-bond donors (Lipinski definition) is 1. The number of aromatic nitrogens is 1. The van der Waals surface area contributed by atoms with Crippen molar-refractivity contribution in [2.24, 2.45) is 0 Å². The Morgan fingerprint density at radius 3 is 2.72 bits per heavy atom. The number of nitrogens with one attached hydrogen (secondary N) is 1. The average Bonchev–Trinajstić information content (AvgIpc) is 2.89. The van der Waals surface area contributed by atoms with Gasteiger partial charge in [-0.15, -0.1) is 0 Å². The molecule has 1 N–H and O–H groups in total. The molecule has 0 fully saturated rings. The van der Waals surface area contributed by atoms with Crippen LogP contribution in [-0.2, 0) is 6.54 Å². The van der Waals surface area contributed by atoms with Crippen LogP contribution in [0.1, 0.15) is 24.2 Å². The maximum Gasteiger partial charge on any atom is 0.124 e. The predicted octanol–water partition coefficient (Wildman–Crippen LogP) is 2.59. The Bertz CT molecular complexity index is 480. The van der Waals surface area contributed by atoms with E-state index in [1.165, 1.54) is 11.3 Å². The molecule has 0 radical (unpaired) electrons. The summed E-state index contributed by atoms with van der Waals surface area (Å²) in [6.07, 6.45) is 1.59. The summed E-state index contributed by atoms with van der Waals surface area (Å²) in [5, 5.41) is 7.34. The molecule has 0 aliphatic heterocycles. The number of rotatable bonds is 5. The van der Waals surface area contributed by atoms with Crippen molar-refractivity contribution in [1.82, 2.24) is 10.5 Å². The Morgan fingerprint density at radius 1 is 1.28 bits per heavy atom. The topological polar surface area (TPSA) is 41.3 Å². The third-order valence-electron chi connectivity index (χ3n) is 2.97. The Labute approximate surface area is 108 Å². The summed E-state index contributed by atoms with van der Waals surface area (Å²) in [5.41, 5.74) is 3.44.